The number of urea groups is 1. The van der Waals surface area contributed by atoms with E-state index in [-0.39, 0.29) is 12.2 Å². The summed E-state index contributed by atoms with van der Waals surface area (Å²) in [6, 6.07) is 7.01. The summed E-state index contributed by atoms with van der Waals surface area (Å²) in [5, 5.41) is 9.01. The van der Waals surface area contributed by atoms with Crippen LogP contribution in [0.25, 0.3) is 0 Å². The Morgan fingerprint density at radius 1 is 1.25 bits per heavy atom. The molecule has 32 heavy (non-hydrogen) atoms. The average Bonchev–Trinajstić information content (AvgIpc) is 3.30. The van der Waals surface area contributed by atoms with Crippen molar-refractivity contribution < 1.29 is 33.0 Å². The van der Waals surface area contributed by atoms with Gasteiger partial charge in [0, 0.05) is 5.70 Å². The van der Waals surface area contributed by atoms with Gasteiger partial charge < -0.3 is 29.3 Å². The molecular weight excluding hydrogens is 420 g/mol. The molecule has 0 saturated heterocycles. The number of nitrogens with zero attached hydrogens (tertiary/aromatic N) is 1. The lowest BCUT2D eigenvalue weighted by atomic mass is 9.95. The maximum Gasteiger partial charge on any atom is 0.337 e. The van der Waals surface area contributed by atoms with Crippen molar-refractivity contribution in [2.75, 3.05) is 20.8 Å². The predicted molar refractivity (Wildman–Crippen MR) is 112 cm³/mol. The summed E-state index contributed by atoms with van der Waals surface area (Å²) in [6.07, 6.45) is 2.84. The van der Waals surface area contributed by atoms with Crippen molar-refractivity contribution in [3.05, 3.63) is 59.2 Å². The Balaban J connectivity index is 1.71. The summed E-state index contributed by atoms with van der Waals surface area (Å²) in [5.74, 6) is 0.0253. The minimum atomic E-state index is -0.751. The molecule has 0 unspecified atom stereocenters. The number of nitrogens with one attached hydrogen (secondary N) is 3. The van der Waals surface area contributed by atoms with Crippen LogP contribution in [0.3, 0.4) is 0 Å². The quantitative estimate of drug-likeness (QED) is 0.320. The fraction of sp³-hybridized carbons (Fsp3) is 0.238. The molecule has 0 fully saturated rings. The third-order valence-electron chi connectivity index (χ3n) is 4.48. The lowest BCUT2D eigenvalue weighted by Gasteiger charge is -2.28. The van der Waals surface area contributed by atoms with Crippen molar-refractivity contribution in [2.24, 2.45) is 5.10 Å². The Hall–Kier alpha value is -4.28. The number of carbonyl (C=O) groups is 3. The smallest absolute Gasteiger partial charge is 0.337 e. The maximum atomic E-state index is 12.2. The molecule has 1 aliphatic heterocycles. The van der Waals surface area contributed by atoms with Crippen LogP contribution < -0.4 is 25.5 Å². The fourth-order valence-electron chi connectivity index (χ4n) is 3.02. The van der Waals surface area contributed by atoms with Gasteiger partial charge in [0.25, 0.3) is 5.91 Å². The first kappa shape index (κ1) is 22.4. The number of methoxy groups -OCH3 is 2. The second kappa shape index (κ2) is 10.2. The van der Waals surface area contributed by atoms with Crippen LogP contribution in [0.2, 0.25) is 0 Å². The third-order valence-corrected chi connectivity index (χ3v) is 4.48. The highest BCUT2D eigenvalue weighted by Gasteiger charge is 2.32. The molecule has 2 heterocycles. The summed E-state index contributed by atoms with van der Waals surface area (Å²) < 4.78 is 20.8. The van der Waals surface area contributed by atoms with E-state index in [0.29, 0.717) is 28.5 Å². The molecular formula is C21H22N4O7. The molecule has 3 rings (SSSR count). The van der Waals surface area contributed by atoms with E-state index in [0.717, 1.165) is 0 Å². The number of hydrogen-bond donors (Lipinski definition) is 3. The van der Waals surface area contributed by atoms with Crippen LogP contribution in [0.15, 0.2) is 57.4 Å². The van der Waals surface area contributed by atoms with Crippen molar-refractivity contribution in [3.8, 4) is 11.5 Å². The van der Waals surface area contributed by atoms with Crippen molar-refractivity contribution in [1.82, 2.24) is 16.1 Å². The van der Waals surface area contributed by atoms with E-state index in [1.54, 1.807) is 37.3 Å². The summed E-state index contributed by atoms with van der Waals surface area (Å²) in [7, 11) is 2.69. The van der Waals surface area contributed by atoms with Gasteiger partial charge in [0.15, 0.2) is 18.1 Å². The van der Waals surface area contributed by atoms with Crippen LogP contribution in [0.1, 0.15) is 24.3 Å². The van der Waals surface area contributed by atoms with Crippen LogP contribution in [-0.4, -0.2) is 44.9 Å². The van der Waals surface area contributed by atoms with E-state index in [1.807, 2.05) is 0 Å². The lowest BCUT2D eigenvalue weighted by Crippen LogP contribution is -2.45. The topological polar surface area (TPSA) is 140 Å². The number of carbonyl (C=O) groups excluding carboxylic acids is 3. The molecule has 0 radical (unpaired) electrons. The number of rotatable bonds is 8. The van der Waals surface area contributed by atoms with E-state index in [2.05, 4.69) is 21.2 Å². The number of furan rings is 1. The van der Waals surface area contributed by atoms with Crippen LogP contribution >= 0.6 is 0 Å². The number of hydrazone groups is 1. The Morgan fingerprint density at radius 3 is 2.75 bits per heavy atom. The van der Waals surface area contributed by atoms with E-state index in [9.17, 15) is 14.4 Å². The van der Waals surface area contributed by atoms with Gasteiger partial charge >= 0.3 is 12.0 Å². The van der Waals surface area contributed by atoms with Crippen molar-refractivity contribution in [2.45, 2.75) is 13.0 Å². The predicted octanol–water partition coefficient (Wildman–Crippen LogP) is 1.62. The summed E-state index contributed by atoms with van der Waals surface area (Å²) in [5.41, 5.74) is 3.53. The molecule has 0 aliphatic carbocycles. The largest absolute Gasteiger partial charge is 0.493 e. The van der Waals surface area contributed by atoms with Gasteiger partial charge in [0.2, 0.25) is 0 Å². The minimum absolute atomic E-state index is 0.261. The van der Waals surface area contributed by atoms with Crippen LogP contribution in [-0.2, 0) is 14.3 Å². The van der Waals surface area contributed by atoms with Gasteiger partial charge in [-0.2, -0.15) is 5.10 Å². The zero-order valence-electron chi connectivity index (χ0n) is 17.6. The molecule has 1 aliphatic rings. The second-order valence-corrected chi connectivity index (χ2v) is 6.57. The molecule has 0 spiro atoms. The molecule has 0 bridgehead atoms. The standard InChI is InChI=1S/C21H22N4O7/c1-12-18(20(27)30-3)19(24-21(28)23-12)13-6-7-15(16(9-13)29-2)32-11-17(26)25-22-10-14-5-4-8-31-14/h4-10,19H,11H2,1-3H3,(H,25,26)(H2,23,24,28)/b22-10-/t19-/m0/s1. The summed E-state index contributed by atoms with van der Waals surface area (Å²) >= 11 is 0. The Kier molecular flexibility index (Phi) is 7.11. The average molecular weight is 442 g/mol. The number of esters is 1. The number of ether oxygens (including phenoxy) is 3. The molecule has 0 saturated carbocycles. The lowest BCUT2D eigenvalue weighted by molar-refractivity contribution is -0.136. The van der Waals surface area contributed by atoms with Gasteiger partial charge in [-0.1, -0.05) is 6.07 Å². The van der Waals surface area contributed by atoms with E-state index in [4.69, 9.17) is 18.6 Å². The number of hydrogen-bond acceptors (Lipinski definition) is 8. The molecule has 1 atom stereocenters. The SMILES string of the molecule is COC(=O)C1=C(C)NC(=O)N[C@H]1c1ccc(OCC(=O)N/N=C\c2ccco2)c(OC)c1. The maximum absolute atomic E-state index is 12.2. The van der Waals surface area contributed by atoms with Gasteiger partial charge in [-0.15, -0.1) is 0 Å². The molecule has 11 nitrogen and oxygen atoms in total. The summed E-state index contributed by atoms with van der Waals surface area (Å²) in [6.45, 7) is 1.29. The van der Waals surface area contributed by atoms with Crippen LogP contribution in [0.4, 0.5) is 4.79 Å². The zero-order chi connectivity index (χ0) is 23.1. The number of allylic oxidation sites excluding steroid dienone is 1. The highest BCUT2D eigenvalue weighted by Crippen LogP contribution is 2.34. The van der Waals surface area contributed by atoms with Crippen LogP contribution in [0, 0.1) is 0 Å². The molecule has 11 heteroatoms. The van der Waals surface area contributed by atoms with Gasteiger partial charge in [0.1, 0.15) is 5.76 Å². The van der Waals surface area contributed by atoms with Crippen molar-refractivity contribution in [3.63, 3.8) is 0 Å². The first-order chi connectivity index (χ1) is 15.4. The fourth-order valence-corrected chi connectivity index (χ4v) is 3.02. The highest BCUT2D eigenvalue weighted by molar-refractivity contribution is 5.95. The number of benzene rings is 1. The van der Waals surface area contributed by atoms with Gasteiger partial charge in [-0.25, -0.2) is 15.0 Å². The first-order valence-corrected chi connectivity index (χ1v) is 9.45. The second-order valence-electron chi connectivity index (χ2n) is 6.57. The first-order valence-electron chi connectivity index (χ1n) is 9.45. The molecule has 168 valence electrons. The van der Waals surface area contributed by atoms with Gasteiger partial charge in [-0.3, -0.25) is 4.79 Å². The molecule has 1 aromatic carbocycles. The molecule has 2 aromatic rings. The number of amides is 3. The molecule has 3 amide bonds. The Bertz CT molecular complexity index is 1060. The zero-order valence-corrected chi connectivity index (χ0v) is 17.6. The van der Waals surface area contributed by atoms with Crippen molar-refractivity contribution in [1.29, 1.82) is 0 Å². The van der Waals surface area contributed by atoms with Crippen molar-refractivity contribution >= 4 is 24.1 Å². The van der Waals surface area contributed by atoms with E-state index >= 15 is 0 Å². The monoisotopic (exact) mass is 442 g/mol. The Labute approximate surface area is 183 Å². The molecule has 1 aromatic heterocycles. The Morgan fingerprint density at radius 2 is 2.06 bits per heavy atom. The summed E-state index contributed by atoms with van der Waals surface area (Å²) in [4.78, 5) is 36.1. The van der Waals surface area contributed by atoms with Gasteiger partial charge in [0.05, 0.1) is 38.3 Å². The minimum Gasteiger partial charge on any atom is -0.493 e. The van der Waals surface area contributed by atoms with E-state index in [1.165, 1.54) is 26.7 Å². The normalized spacial score (nSPS) is 15.7. The van der Waals surface area contributed by atoms with Crippen LogP contribution in [0.5, 0.6) is 11.5 Å². The highest BCUT2D eigenvalue weighted by atomic mass is 16.5. The van der Waals surface area contributed by atoms with Gasteiger partial charge in [-0.05, 0) is 36.8 Å². The molecule has 3 N–H and O–H groups in total. The van der Waals surface area contributed by atoms with E-state index < -0.39 is 23.9 Å². The third kappa shape index (κ3) is 5.25.